The third-order valence-electron chi connectivity index (χ3n) is 10.1. The van der Waals surface area contributed by atoms with Crippen LogP contribution in [0, 0.1) is 0 Å². The quantitative estimate of drug-likeness (QED) is 0.136. The van der Waals surface area contributed by atoms with E-state index in [9.17, 15) is 39.0 Å². The average Bonchev–Trinajstić information content (AvgIpc) is 3.96. The van der Waals surface area contributed by atoms with Gasteiger partial charge in [-0.2, -0.15) is 0 Å². The van der Waals surface area contributed by atoms with Gasteiger partial charge in [-0.05, 0) is 53.8 Å². The molecule has 4 amide bonds. The van der Waals surface area contributed by atoms with Crippen molar-refractivity contribution in [1.82, 2.24) is 9.80 Å². The van der Waals surface area contributed by atoms with E-state index in [-0.39, 0.29) is 51.6 Å². The van der Waals surface area contributed by atoms with Crippen molar-refractivity contribution in [2.45, 2.75) is 29.2 Å². The van der Waals surface area contributed by atoms with Crippen molar-refractivity contribution < 1.29 is 39.0 Å². The number of aliphatic carboxylic acids is 2. The molecule has 11 heteroatoms. The van der Waals surface area contributed by atoms with Crippen LogP contribution in [0.15, 0.2) is 115 Å². The molecule has 2 aliphatic heterocycles. The van der Waals surface area contributed by atoms with Crippen LogP contribution < -0.4 is 0 Å². The highest BCUT2D eigenvalue weighted by Crippen LogP contribution is 2.50. The molecule has 1 aliphatic carbocycles. The molecule has 5 aromatic rings. The normalized spacial score (nSPS) is 16.7. The first kappa shape index (κ1) is 32.2. The lowest BCUT2D eigenvalue weighted by Gasteiger charge is -2.38. The summed E-state index contributed by atoms with van der Waals surface area (Å²) in [4.78, 5) is 82.6. The van der Waals surface area contributed by atoms with Gasteiger partial charge < -0.3 is 10.2 Å². The Morgan fingerprint density at radius 3 is 1.31 bits per heavy atom. The Morgan fingerprint density at radius 1 is 0.608 bits per heavy atom. The molecule has 0 spiro atoms. The SMILES string of the molecule is O=C(O)[C@H](CSC(c1ccccc1)(c1ccccc1)c1ccccc1)N1C(=O)c2ccc3c4c(ccc(c24)C1=O)C(=O)N(C1(C(=O)O)CC1)C3=O. The minimum absolute atomic E-state index is 0.00418. The lowest BCUT2D eigenvalue weighted by Crippen LogP contribution is -2.54. The molecule has 10 nitrogen and oxygen atoms in total. The Balaban J connectivity index is 1.21. The van der Waals surface area contributed by atoms with Gasteiger partial charge in [0.05, 0.1) is 4.75 Å². The van der Waals surface area contributed by atoms with Crippen LogP contribution in [-0.4, -0.2) is 72.9 Å². The van der Waals surface area contributed by atoms with Crippen molar-refractivity contribution in [3.05, 3.63) is 154 Å². The number of benzene rings is 5. The van der Waals surface area contributed by atoms with Crippen molar-refractivity contribution in [3.8, 4) is 0 Å². The van der Waals surface area contributed by atoms with E-state index in [2.05, 4.69) is 0 Å². The Hall–Kier alpha value is -6.07. The molecular formula is C40H28N2O8S. The van der Waals surface area contributed by atoms with Gasteiger partial charge in [-0.3, -0.25) is 29.0 Å². The molecule has 0 unspecified atom stereocenters. The number of carboxylic acids is 2. The summed E-state index contributed by atoms with van der Waals surface area (Å²) in [5, 5.41) is 20.7. The standard InChI is InChI=1S/C40H28N2O8S/c43-33-26-16-18-28-32-29(36(46)42(35(28)45)39(20-21-39)38(49)50)19-17-27(31(26)32)34(44)41(33)30(37(47)48)22-51-40(23-10-4-1-5-11-23,24-12-6-2-7-13-24)25-14-8-3-9-15-25/h1-19,30H,20-22H2,(H,47,48)(H,49,50)/t30-/m0/s1. The summed E-state index contributed by atoms with van der Waals surface area (Å²) < 4.78 is -0.931. The first-order valence-corrected chi connectivity index (χ1v) is 17.2. The number of carbonyl (C=O) groups excluding carboxylic acids is 4. The number of nitrogens with zero attached hydrogens (tertiary/aromatic N) is 2. The van der Waals surface area contributed by atoms with Crippen molar-refractivity contribution in [2.24, 2.45) is 0 Å². The summed E-state index contributed by atoms with van der Waals surface area (Å²) in [7, 11) is 0. The van der Waals surface area contributed by atoms with E-state index in [1.165, 1.54) is 36.0 Å². The topological polar surface area (TPSA) is 149 Å². The lowest BCUT2D eigenvalue weighted by atomic mass is 9.84. The van der Waals surface area contributed by atoms with E-state index < -0.39 is 51.9 Å². The monoisotopic (exact) mass is 696 g/mol. The Labute approximate surface area is 295 Å². The second-order valence-electron chi connectivity index (χ2n) is 12.8. The fourth-order valence-corrected chi connectivity index (χ4v) is 9.05. The molecule has 0 radical (unpaired) electrons. The number of carboxylic acid groups (broad SMARTS) is 2. The van der Waals surface area contributed by atoms with Crippen molar-refractivity contribution in [1.29, 1.82) is 0 Å². The smallest absolute Gasteiger partial charge is 0.330 e. The molecular weight excluding hydrogens is 669 g/mol. The molecule has 8 rings (SSSR count). The van der Waals surface area contributed by atoms with Crippen LogP contribution in [0.25, 0.3) is 10.8 Å². The molecule has 1 saturated carbocycles. The summed E-state index contributed by atoms with van der Waals surface area (Å²) in [6.45, 7) is 0. The Morgan fingerprint density at radius 2 is 0.980 bits per heavy atom. The molecule has 0 saturated heterocycles. The number of carbonyl (C=O) groups is 6. The summed E-state index contributed by atoms with van der Waals surface area (Å²) in [5.41, 5.74) is 0.900. The van der Waals surface area contributed by atoms with Gasteiger partial charge in [-0.15, -0.1) is 11.8 Å². The molecule has 1 atom stereocenters. The molecule has 2 N–H and O–H groups in total. The molecule has 0 bridgehead atoms. The Bertz CT molecular complexity index is 2160. The molecule has 51 heavy (non-hydrogen) atoms. The third-order valence-corrected chi connectivity index (χ3v) is 11.7. The summed E-state index contributed by atoms with van der Waals surface area (Å²) in [6, 6.07) is 32.6. The van der Waals surface area contributed by atoms with E-state index in [0.717, 1.165) is 26.5 Å². The van der Waals surface area contributed by atoms with Gasteiger partial charge in [0.15, 0.2) is 0 Å². The Kier molecular flexibility index (Phi) is 7.42. The van der Waals surface area contributed by atoms with Crippen molar-refractivity contribution >= 4 is 58.1 Å². The number of hydrogen-bond acceptors (Lipinski definition) is 7. The molecule has 3 aliphatic rings. The van der Waals surface area contributed by atoms with Gasteiger partial charge in [-0.25, -0.2) is 9.59 Å². The van der Waals surface area contributed by atoms with Gasteiger partial charge in [0.2, 0.25) is 0 Å². The summed E-state index contributed by atoms with van der Waals surface area (Å²) >= 11 is 1.30. The van der Waals surface area contributed by atoms with E-state index in [4.69, 9.17) is 0 Å². The maximum Gasteiger partial charge on any atom is 0.330 e. The molecule has 2 heterocycles. The van der Waals surface area contributed by atoms with Crippen LogP contribution in [-0.2, 0) is 14.3 Å². The predicted molar refractivity (Wildman–Crippen MR) is 188 cm³/mol. The van der Waals surface area contributed by atoms with Gasteiger partial charge >= 0.3 is 11.9 Å². The summed E-state index contributed by atoms with van der Waals surface area (Å²) in [5.74, 6) is -6.25. The first-order chi connectivity index (χ1) is 24.6. The largest absolute Gasteiger partial charge is 0.480 e. The van der Waals surface area contributed by atoms with E-state index >= 15 is 0 Å². The van der Waals surface area contributed by atoms with Crippen molar-refractivity contribution in [3.63, 3.8) is 0 Å². The van der Waals surface area contributed by atoms with E-state index in [1.807, 2.05) is 91.0 Å². The molecule has 1 fully saturated rings. The number of imide groups is 2. The fraction of sp³-hybridized carbons (Fsp3) is 0.150. The minimum atomic E-state index is -1.64. The van der Waals surface area contributed by atoms with E-state index in [0.29, 0.717) is 0 Å². The zero-order valence-corrected chi connectivity index (χ0v) is 27.6. The highest BCUT2D eigenvalue weighted by molar-refractivity contribution is 8.00. The van der Waals surface area contributed by atoms with Crippen LogP contribution in [0.1, 0.15) is 71.0 Å². The molecule has 0 aromatic heterocycles. The third kappa shape index (κ3) is 4.65. The molecule has 5 aromatic carbocycles. The zero-order valence-electron chi connectivity index (χ0n) is 26.8. The maximum absolute atomic E-state index is 14.3. The minimum Gasteiger partial charge on any atom is -0.480 e. The highest BCUT2D eigenvalue weighted by atomic mass is 32.2. The van der Waals surface area contributed by atoms with E-state index in [1.54, 1.807) is 0 Å². The lowest BCUT2D eigenvalue weighted by molar-refractivity contribution is -0.143. The fourth-order valence-electron chi connectivity index (χ4n) is 7.45. The number of thioether (sulfide) groups is 1. The second-order valence-corrected chi connectivity index (χ2v) is 14.0. The first-order valence-electron chi connectivity index (χ1n) is 16.2. The van der Waals surface area contributed by atoms with Crippen LogP contribution in [0.2, 0.25) is 0 Å². The number of rotatable bonds is 10. The van der Waals surface area contributed by atoms with Gasteiger partial charge in [0.25, 0.3) is 23.6 Å². The van der Waals surface area contributed by atoms with Gasteiger partial charge in [0.1, 0.15) is 11.6 Å². The maximum atomic E-state index is 14.3. The highest BCUT2D eigenvalue weighted by Gasteiger charge is 2.61. The van der Waals surface area contributed by atoms with Crippen LogP contribution in [0.4, 0.5) is 0 Å². The number of amides is 4. The van der Waals surface area contributed by atoms with Gasteiger partial charge in [-0.1, -0.05) is 91.0 Å². The second kappa shape index (κ2) is 11.8. The molecule has 252 valence electrons. The van der Waals surface area contributed by atoms with Gasteiger partial charge in [0, 0.05) is 38.8 Å². The van der Waals surface area contributed by atoms with Crippen molar-refractivity contribution in [2.75, 3.05) is 5.75 Å². The summed E-state index contributed by atoms with van der Waals surface area (Å²) in [6.07, 6.45) is 0.240. The zero-order chi connectivity index (χ0) is 35.7. The van der Waals surface area contributed by atoms with Crippen LogP contribution in [0.3, 0.4) is 0 Å². The van der Waals surface area contributed by atoms with Crippen LogP contribution >= 0.6 is 11.8 Å². The number of hydrogen-bond donors (Lipinski definition) is 2. The predicted octanol–water partition coefficient (Wildman–Crippen LogP) is 5.83. The van der Waals surface area contributed by atoms with Crippen LogP contribution in [0.5, 0.6) is 0 Å². The average molecular weight is 697 g/mol.